The van der Waals surface area contributed by atoms with E-state index in [0.29, 0.717) is 25.9 Å². The monoisotopic (exact) mass is 359 g/mol. The lowest BCUT2D eigenvalue weighted by molar-refractivity contribution is -0.148. The summed E-state index contributed by atoms with van der Waals surface area (Å²) in [5.74, 6) is -0.677. The molecule has 1 rings (SSSR count). The van der Waals surface area contributed by atoms with Gasteiger partial charge >= 0.3 is 6.03 Å². The number of imide groups is 2. The van der Waals surface area contributed by atoms with Gasteiger partial charge in [-0.05, 0) is 6.42 Å². The number of rotatable bonds is 8. The first kappa shape index (κ1) is 20.4. The standard InChI is InChI=1S/C12H19Cl2N3O3.ClH/c1-2-3-4-12(17(7-5-13)8-6-14)9(18)15-11(20)16-10(12)19;/h2-8H2,1H3,(H2,15,16,18,19,20);1H. The number of nitrogens with one attached hydrogen (secondary N) is 2. The number of barbiturate groups is 1. The second kappa shape index (κ2) is 9.46. The molecule has 1 heterocycles. The van der Waals surface area contributed by atoms with E-state index in [1.807, 2.05) is 6.92 Å². The van der Waals surface area contributed by atoms with Gasteiger partial charge in [-0.2, -0.15) is 0 Å². The Labute approximate surface area is 140 Å². The Morgan fingerprint density at radius 2 is 1.52 bits per heavy atom. The first-order valence-corrected chi connectivity index (χ1v) is 7.63. The van der Waals surface area contributed by atoms with E-state index in [2.05, 4.69) is 10.6 Å². The van der Waals surface area contributed by atoms with Gasteiger partial charge in [-0.25, -0.2) is 4.79 Å². The summed E-state index contributed by atoms with van der Waals surface area (Å²) >= 11 is 11.5. The highest BCUT2D eigenvalue weighted by Gasteiger charge is 2.53. The Balaban J connectivity index is 0.00000400. The van der Waals surface area contributed by atoms with E-state index in [-0.39, 0.29) is 24.2 Å². The van der Waals surface area contributed by atoms with Gasteiger partial charge in [-0.3, -0.25) is 25.1 Å². The second-order valence-corrected chi connectivity index (χ2v) is 5.32. The molecule has 122 valence electrons. The molecule has 0 atom stereocenters. The fourth-order valence-electron chi connectivity index (χ4n) is 2.35. The fraction of sp³-hybridized carbons (Fsp3) is 0.750. The highest BCUT2D eigenvalue weighted by atomic mass is 35.5. The van der Waals surface area contributed by atoms with Crippen LogP contribution in [0, 0.1) is 0 Å². The van der Waals surface area contributed by atoms with Crippen molar-refractivity contribution in [1.29, 1.82) is 0 Å². The minimum absolute atomic E-state index is 0. The first-order chi connectivity index (χ1) is 9.52. The van der Waals surface area contributed by atoms with Crippen LogP contribution in [0.25, 0.3) is 0 Å². The largest absolute Gasteiger partial charge is 0.328 e. The van der Waals surface area contributed by atoms with Gasteiger partial charge in [0.05, 0.1) is 0 Å². The maximum atomic E-state index is 12.3. The van der Waals surface area contributed by atoms with E-state index < -0.39 is 23.4 Å². The molecule has 1 aliphatic heterocycles. The third-order valence-electron chi connectivity index (χ3n) is 3.35. The van der Waals surface area contributed by atoms with E-state index >= 15 is 0 Å². The minimum Gasteiger partial charge on any atom is -0.279 e. The summed E-state index contributed by atoms with van der Waals surface area (Å²) in [5.41, 5.74) is -1.41. The summed E-state index contributed by atoms with van der Waals surface area (Å²) in [6.07, 6.45) is 1.82. The Morgan fingerprint density at radius 1 is 1.05 bits per heavy atom. The Bertz CT molecular complexity index is 367. The van der Waals surface area contributed by atoms with Crippen molar-refractivity contribution >= 4 is 53.5 Å². The van der Waals surface area contributed by atoms with Gasteiger partial charge < -0.3 is 0 Å². The van der Waals surface area contributed by atoms with Crippen molar-refractivity contribution in [2.45, 2.75) is 31.7 Å². The molecule has 4 amide bonds. The van der Waals surface area contributed by atoms with Crippen LogP contribution in [-0.2, 0) is 9.59 Å². The first-order valence-electron chi connectivity index (χ1n) is 6.56. The number of hydrogen-bond donors (Lipinski definition) is 2. The van der Waals surface area contributed by atoms with Crippen LogP contribution in [0.2, 0.25) is 0 Å². The van der Waals surface area contributed by atoms with E-state index in [9.17, 15) is 14.4 Å². The molecule has 6 nitrogen and oxygen atoms in total. The van der Waals surface area contributed by atoms with Crippen molar-refractivity contribution in [3.05, 3.63) is 0 Å². The molecular formula is C12H20Cl3N3O3. The van der Waals surface area contributed by atoms with E-state index in [1.165, 1.54) is 0 Å². The summed E-state index contributed by atoms with van der Waals surface area (Å²) in [4.78, 5) is 37.5. The maximum absolute atomic E-state index is 12.3. The molecule has 0 saturated carbocycles. The third-order valence-corrected chi connectivity index (χ3v) is 3.68. The summed E-state index contributed by atoms with van der Waals surface area (Å²) in [6.45, 7) is 2.64. The normalized spacial score (nSPS) is 17.2. The molecule has 0 aromatic rings. The molecule has 21 heavy (non-hydrogen) atoms. The highest BCUT2D eigenvalue weighted by Crippen LogP contribution is 2.26. The van der Waals surface area contributed by atoms with Crippen LogP contribution in [-0.4, -0.2) is 53.1 Å². The molecule has 2 N–H and O–H groups in total. The Morgan fingerprint density at radius 3 is 1.90 bits per heavy atom. The zero-order valence-corrected chi connectivity index (χ0v) is 14.1. The molecule has 1 aliphatic rings. The zero-order chi connectivity index (χ0) is 15.2. The van der Waals surface area contributed by atoms with Crippen molar-refractivity contribution in [2.24, 2.45) is 0 Å². The number of nitrogens with zero attached hydrogens (tertiary/aromatic N) is 1. The molecule has 1 saturated heterocycles. The predicted molar refractivity (Wildman–Crippen MR) is 84.2 cm³/mol. The van der Waals surface area contributed by atoms with Crippen LogP contribution in [0.5, 0.6) is 0 Å². The van der Waals surface area contributed by atoms with E-state index in [4.69, 9.17) is 23.2 Å². The van der Waals surface area contributed by atoms with Gasteiger partial charge in [0, 0.05) is 24.8 Å². The molecule has 0 aromatic heterocycles. The van der Waals surface area contributed by atoms with Crippen molar-refractivity contribution in [3.63, 3.8) is 0 Å². The average molecular weight is 361 g/mol. The van der Waals surface area contributed by atoms with Gasteiger partial charge in [0.15, 0.2) is 5.54 Å². The maximum Gasteiger partial charge on any atom is 0.328 e. The molecule has 0 radical (unpaired) electrons. The molecule has 0 unspecified atom stereocenters. The number of halogens is 3. The molecule has 0 spiro atoms. The lowest BCUT2D eigenvalue weighted by Crippen LogP contribution is -2.73. The van der Waals surface area contributed by atoms with Crippen molar-refractivity contribution < 1.29 is 14.4 Å². The van der Waals surface area contributed by atoms with Crippen molar-refractivity contribution in [2.75, 3.05) is 24.8 Å². The Hall–Kier alpha value is -0.560. The van der Waals surface area contributed by atoms with E-state index in [0.717, 1.165) is 6.42 Å². The van der Waals surface area contributed by atoms with Crippen LogP contribution in [0.1, 0.15) is 26.2 Å². The molecule has 9 heteroatoms. The van der Waals surface area contributed by atoms with E-state index in [1.54, 1.807) is 4.90 Å². The molecular weight excluding hydrogens is 341 g/mol. The average Bonchev–Trinajstić information content (AvgIpc) is 2.38. The van der Waals surface area contributed by atoms with Crippen molar-refractivity contribution in [3.8, 4) is 0 Å². The quantitative estimate of drug-likeness (QED) is 0.508. The lowest BCUT2D eigenvalue weighted by atomic mass is 9.87. The van der Waals surface area contributed by atoms with Crippen LogP contribution in [0.15, 0.2) is 0 Å². The topological polar surface area (TPSA) is 78.5 Å². The summed E-state index contributed by atoms with van der Waals surface area (Å²) in [6, 6.07) is -0.788. The number of alkyl halides is 2. The smallest absolute Gasteiger partial charge is 0.279 e. The van der Waals surface area contributed by atoms with Gasteiger partial charge in [-0.1, -0.05) is 19.8 Å². The summed E-state index contributed by atoms with van der Waals surface area (Å²) in [5, 5.41) is 4.34. The van der Waals surface area contributed by atoms with Gasteiger partial charge in [0.1, 0.15) is 0 Å². The van der Waals surface area contributed by atoms with Crippen molar-refractivity contribution in [1.82, 2.24) is 15.5 Å². The highest BCUT2D eigenvalue weighted by molar-refractivity contribution is 6.23. The number of urea groups is 1. The van der Waals surface area contributed by atoms with Crippen LogP contribution >= 0.6 is 35.6 Å². The number of carbonyl (C=O) groups is 3. The van der Waals surface area contributed by atoms with Crippen LogP contribution in [0.4, 0.5) is 4.79 Å². The SMILES string of the molecule is CCCCC1(N(CCCl)CCCl)C(=O)NC(=O)NC1=O.Cl. The predicted octanol–water partition coefficient (Wildman–Crippen LogP) is 1.48. The summed E-state index contributed by atoms with van der Waals surface area (Å²) in [7, 11) is 0. The molecule has 1 fully saturated rings. The van der Waals surface area contributed by atoms with Crippen LogP contribution < -0.4 is 10.6 Å². The number of carbonyl (C=O) groups excluding carboxylic acids is 3. The van der Waals surface area contributed by atoms with Crippen LogP contribution in [0.3, 0.4) is 0 Å². The zero-order valence-electron chi connectivity index (χ0n) is 11.8. The van der Waals surface area contributed by atoms with Gasteiger partial charge in [0.2, 0.25) is 0 Å². The summed E-state index contributed by atoms with van der Waals surface area (Å²) < 4.78 is 0. The lowest BCUT2D eigenvalue weighted by Gasteiger charge is -2.42. The van der Waals surface area contributed by atoms with Gasteiger partial charge in [-0.15, -0.1) is 35.6 Å². The Kier molecular flexibility index (Phi) is 9.20. The number of amides is 4. The third kappa shape index (κ3) is 4.45. The molecule has 0 aromatic carbocycles. The molecule has 0 aliphatic carbocycles. The molecule has 0 bridgehead atoms. The minimum atomic E-state index is -1.41. The number of hydrogen-bond acceptors (Lipinski definition) is 4. The second-order valence-electron chi connectivity index (χ2n) is 4.57. The van der Waals surface area contributed by atoms with Gasteiger partial charge in [0.25, 0.3) is 11.8 Å². The fourth-order valence-corrected chi connectivity index (χ4v) is 2.76. The number of unbranched alkanes of at least 4 members (excludes halogenated alkanes) is 1.